The second-order valence-electron chi connectivity index (χ2n) is 3.48. The highest BCUT2D eigenvalue weighted by Crippen LogP contribution is 2.32. The van der Waals surface area contributed by atoms with E-state index in [1.165, 1.54) is 0 Å². The fourth-order valence-corrected chi connectivity index (χ4v) is 1.26. The van der Waals surface area contributed by atoms with Gasteiger partial charge in [-0.25, -0.2) is 4.98 Å². The van der Waals surface area contributed by atoms with E-state index in [1.807, 2.05) is 12.1 Å². The Bertz CT molecular complexity index is 321. The van der Waals surface area contributed by atoms with Gasteiger partial charge in [-0.3, -0.25) is 0 Å². The molecule has 3 heteroatoms. The largest absolute Gasteiger partial charge is 0.485 e. The summed E-state index contributed by atoms with van der Waals surface area (Å²) in [6, 6.07) is 3.93. The number of hydrogen-bond acceptors (Lipinski definition) is 3. The summed E-state index contributed by atoms with van der Waals surface area (Å²) in [5, 5.41) is 0. The Hall–Kier alpha value is -1.25. The molecule has 1 aromatic heterocycles. The summed E-state index contributed by atoms with van der Waals surface area (Å²) in [5.41, 5.74) is 1.03. The molecular formula is C11H15NO2. The summed E-state index contributed by atoms with van der Waals surface area (Å²) in [6.45, 7) is 2.07. The van der Waals surface area contributed by atoms with Gasteiger partial charge in [-0.05, 0) is 31.4 Å². The van der Waals surface area contributed by atoms with Crippen LogP contribution in [-0.2, 0) is 6.42 Å². The summed E-state index contributed by atoms with van der Waals surface area (Å²) in [6.07, 6.45) is 3.61. The molecule has 0 spiro atoms. The predicted octanol–water partition coefficient (Wildman–Crippen LogP) is 2.19. The van der Waals surface area contributed by atoms with Gasteiger partial charge in [0.15, 0.2) is 5.75 Å². The van der Waals surface area contributed by atoms with Crippen LogP contribution in [0.2, 0.25) is 0 Å². The minimum atomic E-state index is 0.387. The Morgan fingerprint density at radius 2 is 2.21 bits per heavy atom. The van der Waals surface area contributed by atoms with E-state index in [0.29, 0.717) is 12.0 Å². The zero-order valence-electron chi connectivity index (χ0n) is 8.62. The van der Waals surface area contributed by atoms with Crippen molar-refractivity contribution in [3.8, 4) is 11.6 Å². The second kappa shape index (κ2) is 3.86. The first-order chi connectivity index (χ1) is 6.83. The summed E-state index contributed by atoms with van der Waals surface area (Å²) < 4.78 is 10.8. The smallest absolute Gasteiger partial charge is 0.256 e. The fourth-order valence-electron chi connectivity index (χ4n) is 1.26. The number of aromatic nitrogens is 1. The van der Waals surface area contributed by atoms with Gasteiger partial charge in [0, 0.05) is 5.69 Å². The van der Waals surface area contributed by atoms with E-state index in [0.717, 1.165) is 30.7 Å². The quantitative estimate of drug-likeness (QED) is 0.734. The number of rotatable bonds is 4. The van der Waals surface area contributed by atoms with Crippen molar-refractivity contribution in [2.24, 2.45) is 0 Å². The highest BCUT2D eigenvalue weighted by Gasteiger charge is 2.25. The molecule has 1 aromatic rings. The Morgan fingerprint density at radius 3 is 2.79 bits per heavy atom. The lowest BCUT2D eigenvalue weighted by Crippen LogP contribution is -2.01. The lowest BCUT2D eigenvalue weighted by molar-refractivity contribution is 0.276. The Labute approximate surface area is 84.1 Å². The summed E-state index contributed by atoms with van der Waals surface area (Å²) in [4.78, 5) is 4.34. The van der Waals surface area contributed by atoms with E-state index < -0.39 is 0 Å². The van der Waals surface area contributed by atoms with E-state index in [2.05, 4.69) is 11.9 Å². The molecule has 0 saturated heterocycles. The highest BCUT2D eigenvalue weighted by atomic mass is 16.5. The number of pyridine rings is 1. The minimum Gasteiger partial charge on any atom is -0.485 e. The predicted molar refractivity (Wildman–Crippen MR) is 53.8 cm³/mol. The number of nitrogens with zero attached hydrogens (tertiary/aromatic N) is 1. The van der Waals surface area contributed by atoms with Crippen LogP contribution in [0.5, 0.6) is 11.6 Å². The molecule has 0 bridgehead atoms. The van der Waals surface area contributed by atoms with Gasteiger partial charge >= 0.3 is 0 Å². The highest BCUT2D eigenvalue weighted by molar-refractivity contribution is 5.35. The summed E-state index contributed by atoms with van der Waals surface area (Å²) in [5.74, 6) is 1.38. The molecule has 14 heavy (non-hydrogen) atoms. The molecule has 2 rings (SSSR count). The standard InChI is InChI=1S/C11H15NO2/c1-3-8-4-7-10(11(12-8)13-2)14-9-5-6-9/h4,7,9H,3,5-6H2,1-2H3. The molecule has 0 N–H and O–H groups in total. The monoisotopic (exact) mass is 193 g/mol. The maximum atomic E-state index is 5.66. The maximum absolute atomic E-state index is 5.66. The van der Waals surface area contributed by atoms with Gasteiger partial charge in [0.05, 0.1) is 13.2 Å². The molecule has 0 amide bonds. The third kappa shape index (κ3) is 1.97. The molecule has 1 fully saturated rings. The van der Waals surface area contributed by atoms with Gasteiger partial charge in [-0.15, -0.1) is 0 Å². The van der Waals surface area contributed by atoms with Crippen LogP contribution in [0.3, 0.4) is 0 Å². The lowest BCUT2D eigenvalue weighted by Gasteiger charge is -2.09. The molecule has 0 radical (unpaired) electrons. The average molecular weight is 193 g/mol. The maximum Gasteiger partial charge on any atom is 0.256 e. The molecule has 1 aliphatic carbocycles. The topological polar surface area (TPSA) is 31.4 Å². The Balaban J connectivity index is 2.19. The normalized spacial score (nSPS) is 15.3. The van der Waals surface area contributed by atoms with Gasteiger partial charge in [0.25, 0.3) is 5.88 Å². The Kier molecular flexibility index (Phi) is 2.57. The zero-order chi connectivity index (χ0) is 9.97. The molecule has 3 nitrogen and oxygen atoms in total. The second-order valence-corrected chi connectivity index (χ2v) is 3.48. The van der Waals surface area contributed by atoms with Gasteiger partial charge < -0.3 is 9.47 Å². The van der Waals surface area contributed by atoms with Crippen molar-refractivity contribution in [2.75, 3.05) is 7.11 Å². The first kappa shape index (κ1) is 9.31. The first-order valence-corrected chi connectivity index (χ1v) is 5.04. The van der Waals surface area contributed by atoms with Crippen LogP contribution in [0.1, 0.15) is 25.5 Å². The van der Waals surface area contributed by atoms with Crippen LogP contribution in [0.15, 0.2) is 12.1 Å². The molecule has 1 aliphatic rings. The van der Waals surface area contributed by atoms with Crippen molar-refractivity contribution < 1.29 is 9.47 Å². The van der Waals surface area contributed by atoms with Crippen molar-refractivity contribution in [3.63, 3.8) is 0 Å². The van der Waals surface area contributed by atoms with Crippen molar-refractivity contribution >= 4 is 0 Å². The number of ether oxygens (including phenoxy) is 2. The van der Waals surface area contributed by atoms with E-state index in [4.69, 9.17) is 9.47 Å². The van der Waals surface area contributed by atoms with Crippen LogP contribution in [0.25, 0.3) is 0 Å². The van der Waals surface area contributed by atoms with Crippen molar-refractivity contribution in [1.82, 2.24) is 4.98 Å². The zero-order valence-corrected chi connectivity index (χ0v) is 8.62. The van der Waals surface area contributed by atoms with Gasteiger partial charge in [0.2, 0.25) is 0 Å². The molecule has 0 atom stereocenters. The SMILES string of the molecule is CCc1ccc(OC2CC2)c(OC)n1. The molecule has 1 heterocycles. The molecule has 0 unspecified atom stereocenters. The number of methoxy groups -OCH3 is 1. The molecule has 0 aliphatic heterocycles. The first-order valence-electron chi connectivity index (χ1n) is 5.04. The van der Waals surface area contributed by atoms with E-state index in [9.17, 15) is 0 Å². The van der Waals surface area contributed by atoms with Crippen LogP contribution < -0.4 is 9.47 Å². The third-order valence-corrected chi connectivity index (χ3v) is 2.26. The fraction of sp³-hybridized carbons (Fsp3) is 0.545. The molecular weight excluding hydrogens is 178 g/mol. The van der Waals surface area contributed by atoms with Gasteiger partial charge in [0.1, 0.15) is 0 Å². The average Bonchev–Trinajstić information content (AvgIpc) is 3.02. The lowest BCUT2D eigenvalue weighted by atomic mass is 10.3. The van der Waals surface area contributed by atoms with Crippen molar-refractivity contribution in [2.45, 2.75) is 32.3 Å². The third-order valence-electron chi connectivity index (χ3n) is 2.26. The Morgan fingerprint density at radius 1 is 1.43 bits per heavy atom. The molecule has 76 valence electrons. The van der Waals surface area contributed by atoms with E-state index >= 15 is 0 Å². The van der Waals surface area contributed by atoms with E-state index in [-0.39, 0.29) is 0 Å². The molecule has 1 saturated carbocycles. The number of aryl methyl sites for hydroxylation is 1. The van der Waals surface area contributed by atoms with Crippen LogP contribution in [-0.4, -0.2) is 18.2 Å². The van der Waals surface area contributed by atoms with E-state index in [1.54, 1.807) is 7.11 Å². The summed E-state index contributed by atoms with van der Waals surface area (Å²) >= 11 is 0. The minimum absolute atomic E-state index is 0.387. The van der Waals surface area contributed by atoms with Crippen LogP contribution in [0.4, 0.5) is 0 Å². The van der Waals surface area contributed by atoms with Gasteiger partial charge in [-0.1, -0.05) is 6.92 Å². The van der Waals surface area contributed by atoms with Crippen LogP contribution >= 0.6 is 0 Å². The number of hydrogen-bond donors (Lipinski definition) is 0. The molecule has 0 aromatic carbocycles. The van der Waals surface area contributed by atoms with Crippen molar-refractivity contribution in [1.29, 1.82) is 0 Å². The summed E-state index contributed by atoms with van der Waals surface area (Å²) in [7, 11) is 1.63. The van der Waals surface area contributed by atoms with Gasteiger partial charge in [-0.2, -0.15) is 0 Å². The van der Waals surface area contributed by atoms with Crippen molar-refractivity contribution in [3.05, 3.63) is 17.8 Å². The van der Waals surface area contributed by atoms with Crippen LogP contribution in [0, 0.1) is 0 Å².